The minimum Gasteiger partial charge on any atom is -0.497 e. The van der Waals surface area contributed by atoms with E-state index in [2.05, 4.69) is 10.2 Å². The van der Waals surface area contributed by atoms with Crippen LogP contribution in [0.15, 0.2) is 54.7 Å². The number of methoxy groups -OCH3 is 1. The van der Waals surface area contributed by atoms with Gasteiger partial charge in [-0.15, -0.1) is 0 Å². The molecular weight excluding hydrogens is 345 g/mol. The fraction of sp³-hybridized carbons (Fsp3) is 0.238. The molecule has 3 aromatic rings. The first kappa shape index (κ1) is 17.3. The predicted octanol–water partition coefficient (Wildman–Crippen LogP) is 3.85. The summed E-state index contributed by atoms with van der Waals surface area (Å²) in [7, 11) is 1.61. The average Bonchev–Trinajstić information content (AvgIpc) is 3.38. The number of carbonyl (C=O) groups excluding carboxylic acids is 1. The molecule has 0 bridgehead atoms. The largest absolute Gasteiger partial charge is 0.497 e. The molecule has 0 radical (unpaired) electrons. The highest BCUT2D eigenvalue weighted by Crippen LogP contribution is 2.31. The molecule has 138 valence electrons. The Morgan fingerprint density at radius 2 is 2.07 bits per heavy atom. The van der Waals surface area contributed by atoms with Gasteiger partial charge in [-0.25, -0.2) is 4.39 Å². The molecule has 27 heavy (non-hydrogen) atoms. The highest BCUT2D eigenvalue weighted by molar-refractivity contribution is 6.00. The Labute approximate surface area is 156 Å². The third-order valence-electron chi connectivity index (χ3n) is 5.05. The summed E-state index contributed by atoms with van der Waals surface area (Å²) in [5, 5.41) is 7.01. The van der Waals surface area contributed by atoms with Gasteiger partial charge in [0.05, 0.1) is 24.6 Å². The quantitative estimate of drug-likeness (QED) is 0.764. The highest BCUT2D eigenvalue weighted by Gasteiger charge is 2.30. The number of aromatic nitrogens is 2. The minimum atomic E-state index is -0.244. The van der Waals surface area contributed by atoms with E-state index >= 15 is 0 Å². The molecule has 0 spiro atoms. The lowest BCUT2D eigenvalue weighted by atomic mass is 9.98. The van der Waals surface area contributed by atoms with Crippen molar-refractivity contribution in [2.75, 3.05) is 20.2 Å². The molecule has 1 fully saturated rings. The second kappa shape index (κ2) is 7.23. The number of carbonyl (C=O) groups is 1. The number of hydrogen-bond donors (Lipinski definition) is 1. The molecule has 5 nitrogen and oxygen atoms in total. The van der Waals surface area contributed by atoms with Crippen molar-refractivity contribution in [2.45, 2.75) is 12.3 Å². The summed E-state index contributed by atoms with van der Waals surface area (Å²) in [5.74, 6) is 0.650. The molecule has 4 rings (SSSR count). The lowest BCUT2D eigenvalue weighted by molar-refractivity contribution is 0.0791. The maximum absolute atomic E-state index is 13.1. The first-order valence-corrected chi connectivity index (χ1v) is 8.88. The zero-order valence-corrected chi connectivity index (χ0v) is 15.0. The first-order chi connectivity index (χ1) is 13.2. The molecule has 0 saturated carbocycles. The van der Waals surface area contributed by atoms with E-state index in [1.54, 1.807) is 25.4 Å². The zero-order chi connectivity index (χ0) is 18.8. The molecule has 1 saturated heterocycles. The summed E-state index contributed by atoms with van der Waals surface area (Å²) in [5.41, 5.74) is 3.14. The highest BCUT2D eigenvalue weighted by atomic mass is 19.1. The maximum Gasteiger partial charge on any atom is 0.257 e. The van der Waals surface area contributed by atoms with Crippen LogP contribution in [0.4, 0.5) is 4.39 Å². The monoisotopic (exact) mass is 365 g/mol. The number of H-pyrrole nitrogens is 1. The lowest BCUT2D eigenvalue weighted by Gasteiger charge is -2.17. The van der Waals surface area contributed by atoms with E-state index in [9.17, 15) is 9.18 Å². The molecule has 1 amide bonds. The normalized spacial score (nSPS) is 16.5. The summed E-state index contributed by atoms with van der Waals surface area (Å²) in [4.78, 5) is 14.9. The molecule has 1 aromatic heterocycles. The maximum atomic E-state index is 13.1. The van der Waals surface area contributed by atoms with Crippen LogP contribution < -0.4 is 4.74 Å². The molecule has 0 aliphatic carbocycles. The number of ether oxygens (including phenoxy) is 1. The Bertz CT molecular complexity index is 952. The van der Waals surface area contributed by atoms with Gasteiger partial charge in [-0.2, -0.15) is 5.10 Å². The second-order valence-electron chi connectivity index (χ2n) is 6.68. The number of likely N-dealkylation sites (tertiary alicyclic amines) is 1. The third kappa shape index (κ3) is 3.43. The van der Waals surface area contributed by atoms with Crippen LogP contribution in [0.1, 0.15) is 28.3 Å². The number of rotatable bonds is 4. The average molecular weight is 365 g/mol. The van der Waals surface area contributed by atoms with Crippen LogP contribution in [0.25, 0.3) is 11.3 Å². The van der Waals surface area contributed by atoms with Gasteiger partial charge in [0.25, 0.3) is 5.91 Å². The van der Waals surface area contributed by atoms with E-state index in [4.69, 9.17) is 4.74 Å². The number of benzene rings is 2. The van der Waals surface area contributed by atoms with Crippen molar-refractivity contribution in [3.8, 4) is 17.0 Å². The summed E-state index contributed by atoms with van der Waals surface area (Å²) >= 11 is 0. The van der Waals surface area contributed by atoms with Crippen LogP contribution in [0.3, 0.4) is 0 Å². The van der Waals surface area contributed by atoms with Gasteiger partial charge in [0.15, 0.2) is 0 Å². The molecule has 1 unspecified atom stereocenters. The van der Waals surface area contributed by atoms with Gasteiger partial charge in [0.2, 0.25) is 0 Å². The van der Waals surface area contributed by atoms with Gasteiger partial charge in [0.1, 0.15) is 11.6 Å². The first-order valence-electron chi connectivity index (χ1n) is 8.88. The molecule has 6 heteroatoms. The van der Waals surface area contributed by atoms with Crippen molar-refractivity contribution >= 4 is 5.91 Å². The number of amides is 1. The van der Waals surface area contributed by atoms with E-state index in [1.165, 1.54) is 12.1 Å². The van der Waals surface area contributed by atoms with Crippen molar-refractivity contribution in [1.82, 2.24) is 15.1 Å². The Kier molecular flexibility index (Phi) is 4.62. The Hall–Kier alpha value is -3.15. The third-order valence-corrected chi connectivity index (χ3v) is 5.05. The van der Waals surface area contributed by atoms with Gasteiger partial charge < -0.3 is 9.64 Å². The van der Waals surface area contributed by atoms with E-state index in [0.29, 0.717) is 24.3 Å². The predicted molar refractivity (Wildman–Crippen MR) is 100 cm³/mol. The molecule has 1 aliphatic heterocycles. The fourth-order valence-electron chi connectivity index (χ4n) is 3.57. The molecule has 1 aliphatic rings. The van der Waals surface area contributed by atoms with Gasteiger partial charge >= 0.3 is 0 Å². The summed E-state index contributed by atoms with van der Waals surface area (Å²) in [6.45, 7) is 1.29. The number of halogens is 1. The topological polar surface area (TPSA) is 58.2 Å². The van der Waals surface area contributed by atoms with Crippen LogP contribution in [-0.4, -0.2) is 41.2 Å². The zero-order valence-electron chi connectivity index (χ0n) is 15.0. The van der Waals surface area contributed by atoms with E-state index in [0.717, 1.165) is 23.3 Å². The lowest BCUT2D eigenvalue weighted by Crippen LogP contribution is -2.28. The SMILES string of the molecule is COc1cccc(-c2[nH]ncc2C(=O)N2CCC(c3ccc(F)cc3)C2)c1. The second-order valence-corrected chi connectivity index (χ2v) is 6.68. The van der Waals surface area contributed by atoms with E-state index in [1.807, 2.05) is 29.2 Å². The van der Waals surface area contributed by atoms with Gasteiger partial charge in [-0.05, 0) is 36.2 Å². The van der Waals surface area contributed by atoms with Gasteiger partial charge in [0, 0.05) is 24.6 Å². The number of nitrogens with one attached hydrogen (secondary N) is 1. The van der Waals surface area contributed by atoms with Crippen LogP contribution in [-0.2, 0) is 0 Å². The summed E-state index contributed by atoms with van der Waals surface area (Å²) in [6, 6.07) is 14.1. The van der Waals surface area contributed by atoms with Gasteiger partial charge in [-0.1, -0.05) is 24.3 Å². The van der Waals surface area contributed by atoms with Crippen LogP contribution in [0, 0.1) is 5.82 Å². The van der Waals surface area contributed by atoms with Crippen molar-refractivity contribution in [2.24, 2.45) is 0 Å². The molecule has 1 atom stereocenters. The van der Waals surface area contributed by atoms with E-state index in [-0.39, 0.29) is 17.6 Å². The van der Waals surface area contributed by atoms with Crippen molar-refractivity contribution < 1.29 is 13.9 Å². The molecule has 1 N–H and O–H groups in total. The number of nitrogens with zero attached hydrogens (tertiary/aromatic N) is 2. The minimum absolute atomic E-state index is 0.0498. The standard InChI is InChI=1S/C21H20FN3O2/c1-27-18-4-2-3-15(11-18)20-19(12-23-24-20)21(26)25-10-9-16(13-25)14-5-7-17(22)8-6-14/h2-8,11-12,16H,9-10,13H2,1H3,(H,23,24). The van der Waals surface area contributed by atoms with Crippen molar-refractivity contribution in [3.05, 3.63) is 71.7 Å². The summed E-state index contributed by atoms with van der Waals surface area (Å²) in [6.07, 6.45) is 2.44. The number of hydrogen-bond acceptors (Lipinski definition) is 3. The van der Waals surface area contributed by atoms with Crippen molar-refractivity contribution in [3.63, 3.8) is 0 Å². The van der Waals surface area contributed by atoms with E-state index < -0.39 is 0 Å². The smallest absolute Gasteiger partial charge is 0.257 e. The molecule has 2 heterocycles. The number of aromatic amines is 1. The van der Waals surface area contributed by atoms with Crippen LogP contribution in [0.2, 0.25) is 0 Å². The Morgan fingerprint density at radius 3 is 2.85 bits per heavy atom. The van der Waals surface area contributed by atoms with Crippen LogP contribution in [0.5, 0.6) is 5.75 Å². The van der Waals surface area contributed by atoms with Gasteiger partial charge in [-0.3, -0.25) is 9.89 Å². The fourth-order valence-corrected chi connectivity index (χ4v) is 3.57. The molecule has 2 aromatic carbocycles. The van der Waals surface area contributed by atoms with Crippen molar-refractivity contribution in [1.29, 1.82) is 0 Å². The summed E-state index contributed by atoms with van der Waals surface area (Å²) < 4.78 is 18.4. The Morgan fingerprint density at radius 1 is 1.26 bits per heavy atom. The molecular formula is C21H20FN3O2. The Balaban J connectivity index is 1.54. The van der Waals surface area contributed by atoms with Crippen LogP contribution >= 0.6 is 0 Å².